The van der Waals surface area contributed by atoms with Crippen molar-refractivity contribution in [1.82, 2.24) is 5.32 Å². The Morgan fingerprint density at radius 1 is 1.46 bits per heavy atom. The van der Waals surface area contributed by atoms with Crippen LogP contribution in [0, 0.1) is 11.3 Å². The summed E-state index contributed by atoms with van der Waals surface area (Å²) in [4.78, 5) is 0. The van der Waals surface area contributed by atoms with Gasteiger partial charge in [0.15, 0.2) is 0 Å². The number of nitrogens with two attached hydrogens (primary N) is 1. The zero-order chi connectivity index (χ0) is 9.90. The molecule has 1 rings (SSSR count). The molecule has 0 aromatic rings. The highest BCUT2D eigenvalue weighted by Crippen LogP contribution is 2.34. The minimum atomic E-state index is 0.295. The summed E-state index contributed by atoms with van der Waals surface area (Å²) in [6.45, 7) is 5.31. The first-order valence-electron chi connectivity index (χ1n) is 5.46. The smallest absolute Gasteiger partial charge is 0.00978 e. The van der Waals surface area contributed by atoms with Crippen LogP contribution >= 0.6 is 0 Å². The fraction of sp³-hybridized carbons (Fsp3) is 1.00. The second-order valence-electron chi connectivity index (χ2n) is 5.16. The van der Waals surface area contributed by atoms with E-state index < -0.39 is 0 Å². The van der Waals surface area contributed by atoms with Gasteiger partial charge in [-0.25, -0.2) is 0 Å². The molecule has 0 bridgehead atoms. The molecular weight excluding hydrogens is 160 g/mol. The van der Waals surface area contributed by atoms with Crippen LogP contribution in [0.2, 0.25) is 0 Å². The van der Waals surface area contributed by atoms with E-state index in [9.17, 15) is 0 Å². The molecule has 0 aliphatic heterocycles. The van der Waals surface area contributed by atoms with E-state index >= 15 is 0 Å². The molecule has 0 aromatic heterocycles. The van der Waals surface area contributed by atoms with Crippen LogP contribution in [0.3, 0.4) is 0 Å². The Labute approximate surface area is 82.3 Å². The molecule has 3 N–H and O–H groups in total. The summed E-state index contributed by atoms with van der Waals surface area (Å²) < 4.78 is 0. The van der Waals surface area contributed by atoms with Crippen molar-refractivity contribution in [3.8, 4) is 0 Å². The van der Waals surface area contributed by atoms with Crippen LogP contribution in [-0.2, 0) is 0 Å². The highest BCUT2D eigenvalue weighted by molar-refractivity contribution is 4.86. The lowest BCUT2D eigenvalue weighted by atomic mass is 9.73. The predicted molar refractivity (Wildman–Crippen MR) is 57.6 cm³/mol. The van der Waals surface area contributed by atoms with Gasteiger partial charge in [-0.1, -0.05) is 20.3 Å². The largest absolute Gasteiger partial charge is 0.330 e. The topological polar surface area (TPSA) is 38.0 Å². The van der Waals surface area contributed by atoms with E-state index in [-0.39, 0.29) is 0 Å². The molecule has 1 fully saturated rings. The molecule has 1 aliphatic rings. The molecule has 78 valence electrons. The average Bonchev–Trinajstić information content (AvgIpc) is 2.00. The minimum absolute atomic E-state index is 0.295. The summed E-state index contributed by atoms with van der Waals surface area (Å²) in [5.74, 6) is 0.913. The van der Waals surface area contributed by atoms with Crippen molar-refractivity contribution in [2.75, 3.05) is 13.6 Å². The Balaban J connectivity index is 2.38. The van der Waals surface area contributed by atoms with Crippen LogP contribution in [0.5, 0.6) is 0 Å². The molecule has 1 saturated carbocycles. The number of rotatable bonds is 5. The van der Waals surface area contributed by atoms with E-state index in [0.29, 0.717) is 11.5 Å². The van der Waals surface area contributed by atoms with Crippen LogP contribution in [0.15, 0.2) is 0 Å². The number of hydrogen-bond acceptors (Lipinski definition) is 2. The van der Waals surface area contributed by atoms with Crippen LogP contribution in [0.4, 0.5) is 0 Å². The summed E-state index contributed by atoms with van der Waals surface area (Å²) in [6, 6.07) is 0.687. The maximum Gasteiger partial charge on any atom is 0.00978 e. The van der Waals surface area contributed by atoms with Gasteiger partial charge in [0.05, 0.1) is 0 Å². The van der Waals surface area contributed by atoms with Gasteiger partial charge in [-0.05, 0) is 44.2 Å². The van der Waals surface area contributed by atoms with E-state index in [2.05, 4.69) is 26.2 Å². The number of nitrogens with one attached hydrogen (secondary N) is 1. The third-order valence-corrected chi connectivity index (χ3v) is 3.41. The molecule has 0 heterocycles. The van der Waals surface area contributed by atoms with E-state index in [0.717, 1.165) is 12.5 Å². The first-order valence-corrected chi connectivity index (χ1v) is 5.46. The predicted octanol–water partition coefficient (Wildman–Crippen LogP) is 1.75. The van der Waals surface area contributed by atoms with Crippen molar-refractivity contribution in [3.63, 3.8) is 0 Å². The van der Waals surface area contributed by atoms with Gasteiger partial charge < -0.3 is 11.1 Å². The first kappa shape index (κ1) is 11.0. The Kier molecular flexibility index (Phi) is 3.74. The maximum atomic E-state index is 5.74. The molecule has 0 saturated heterocycles. The summed E-state index contributed by atoms with van der Waals surface area (Å²) >= 11 is 0. The van der Waals surface area contributed by atoms with Gasteiger partial charge in [-0.3, -0.25) is 0 Å². The van der Waals surface area contributed by atoms with Gasteiger partial charge >= 0.3 is 0 Å². The number of hydrogen-bond donors (Lipinski definition) is 2. The van der Waals surface area contributed by atoms with E-state index in [1.165, 1.54) is 25.7 Å². The third kappa shape index (κ3) is 2.96. The Morgan fingerprint density at radius 3 is 2.38 bits per heavy atom. The highest BCUT2D eigenvalue weighted by atomic mass is 14.9. The lowest BCUT2D eigenvalue weighted by molar-refractivity contribution is 0.179. The van der Waals surface area contributed by atoms with Gasteiger partial charge in [-0.2, -0.15) is 0 Å². The Bertz CT molecular complexity index is 150. The van der Waals surface area contributed by atoms with Crippen molar-refractivity contribution < 1.29 is 0 Å². The minimum Gasteiger partial charge on any atom is -0.330 e. The first-order chi connectivity index (χ1) is 6.09. The molecule has 0 aromatic carbocycles. The normalized spacial score (nSPS) is 21.2. The van der Waals surface area contributed by atoms with Gasteiger partial charge in [0, 0.05) is 6.04 Å². The SMILES string of the molecule is CNC(CC(C)(C)CN)C1CCC1. The monoisotopic (exact) mass is 184 g/mol. The second kappa shape index (κ2) is 4.43. The lowest BCUT2D eigenvalue weighted by Crippen LogP contribution is -2.42. The second-order valence-corrected chi connectivity index (χ2v) is 5.16. The van der Waals surface area contributed by atoms with Crippen LogP contribution in [-0.4, -0.2) is 19.6 Å². The van der Waals surface area contributed by atoms with Gasteiger partial charge in [-0.15, -0.1) is 0 Å². The fourth-order valence-corrected chi connectivity index (χ4v) is 2.03. The molecule has 1 aliphatic carbocycles. The van der Waals surface area contributed by atoms with Crippen LogP contribution in [0.1, 0.15) is 39.5 Å². The quantitative estimate of drug-likeness (QED) is 0.683. The molecular formula is C11H24N2. The molecule has 0 spiro atoms. The van der Waals surface area contributed by atoms with E-state index in [1.54, 1.807) is 0 Å². The molecule has 1 atom stereocenters. The van der Waals surface area contributed by atoms with E-state index in [4.69, 9.17) is 5.73 Å². The summed E-state index contributed by atoms with van der Waals surface area (Å²) in [7, 11) is 2.08. The third-order valence-electron chi connectivity index (χ3n) is 3.41. The van der Waals surface area contributed by atoms with Crippen molar-refractivity contribution >= 4 is 0 Å². The summed E-state index contributed by atoms with van der Waals surface area (Å²) in [5, 5.41) is 3.44. The van der Waals surface area contributed by atoms with Gasteiger partial charge in [0.1, 0.15) is 0 Å². The fourth-order valence-electron chi connectivity index (χ4n) is 2.03. The van der Waals surface area contributed by atoms with Crippen molar-refractivity contribution in [2.45, 2.75) is 45.6 Å². The zero-order valence-corrected chi connectivity index (χ0v) is 9.27. The average molecular weight is 184 g/mol. The van der Waals surface area contributed by atoms with Crippen LogP contribution in [0.25, 0.3) is 0 Å². The van der Waals surface area contributed by atoms with Crippen molar-refractivity contribution in [3.05, 3.63) is 0 Å². The Hall–Kier alpha value is -0.0800. The van der Waals surface area contributed by atoms with Crippen molar-refractivity contribution in [2.24, 2.45) is 17.1 Å². The molecule has 1 unspecified atom stereocenters. The Morgan fingerprint density at radius 2 is 2.08 bits per heavy atom. The van der Waals surface area contributed by atoms with Crippen LogP contribution < -0.4 is 11.1 Å². The molecule has 0 radical (unpaired) electrons. The standard InChI is InChI=1S/C11H24N2/c1-11(2,8-12)7-10(13-3)9-5-4-6-9/h9-10,13H,4-8,12H2,1-3H3. The van der Waals surface area contributed by atoms with Crippen molar-refractivity contribution in [1.29, 1.82) is 0 Å². The summed E-state index contributed by atoms with van der Waals surface area (Å²) in [6.07, 6.45) is 5.45. The van der Waals surface area contributed by atoms with Gasteiger partial charge in [0.2, 0.25) is 0 Å². The highest BCUT2D eigenvalue weighted by Gasteiger charge is 2.30. The molecule has 2 heteroatoms. The van der Waals surface area contributed by atoms with Gasteiger partial charge in [0.25, 0.3) is 0 Å². The molecule has 0 amide bonds. The summed E-state index contributed by atoms with van der Waals surface area (Å²) in [5.41, 5.74) is 6.04. The molecule has 2 nitrogen and oxygen atoms in total. The lowest BCUT2D eigenvalue weighted by Gasteiger charge is -2.38. The zero-order valence-electron chi connectivity index (χ0n) is 9.27. The van der Waals surface area contributed by atoms with E-state index in [1.807, 2.05) is 0 Å². The maximum absolute atomic E-state index is 5.74. The molecule has 13 heavy (non-hydrogen) atoms.